The maximum atomic E-state index is 13.4. The molecule has 1 aliphatic heterocycles. The van der Waals surface area contributed by atoms with Crippen molar-refractivity contribution in [3.8, 4) is 0 Å². The molecule has 1 saturated heterocycles. The van der Waals surface area contributed by atoms with Crippen molar-refractivity contribution in [3.05, 3.63) is 59.2 Å². The van der Waals surface area contributed by atoms with Crippen LogP contribution in [0.4, 0.5) is 0 Å². The largest absolute Gasteiger partial charge is 0.472 e. The van der Waals surface area contributed by atoms with E-state index in [0.717, 1.165) is 31.2 Å². The Hall–Kier alpha value is -3.00. The number of carbonyl (C=O) groups excluding carboxylic acids is 1. The van der Waals surface area contributed by atoms with Gasteiger partial charge in [-0.3, -0.25) is 14.2 Å². The zero-order valence-electron chi connectivity index (χ0n) is 18.0. The molecule has 8 heteroatoms. The average Bonchev–Trinajstić information content (AvgIpc) is 3.36. The van der Waals surface area contributed by atoms with Crippen molar-refractivity contribution < 1.29 is 14.3 Å². The van der Waals surface area contributed by atoms with Gasteiger partial charge in [-0.05, 0) is 55.4 Å². The number of piperidine rings is 1. The summed E-state index contributed by atoms with van der Waals surface area (Å²) < 4.78 is 6.70. The van der Waals surface area contributed by atoms with E-state index in [1.807, 2.05) is 11.0 Å². The summed E-state index contributed by atoms with van der Waals surface area (Å²) in [5.74, 6) is 0.336. The topological polar surface area (TPSA) is 101 Å². The van der Waals surface area contributed by atoms with Gasteiger partial charge in [-0.15, -0.1) is 0 Å². The number of nitrogens with zero attached hydrogens (tertiary/aromatic N) is 4. The standard InChI is InChI=1S/C24H28N4O4/c29-22(19-5-2-1-4-18(19)17-7-13-32-14-17)27-11-8-24(31,9-12-27)15-28-16-26-20-6-3-10-25-21(20)23(28)30/h3,6-7,10,13-14,16,18-19,31H,1-2,4-5,8-9,11-12,15H2/t18-,19+/m1/s1. The van der Waals surface area contributed by atoms with Crippen molar-refractivity contribution in [3.63, 3.8) is 0 Å². The molecule has 2 aliphatic rings. The van der Waals surface area contributed by atoms with E-state index in [1.165, 1.54) is 10.9 Å². The predicted molar refractivity (Wildman–Crippen MR) is 118 cm³/mol. The first kappa shape index (κ1) is 20.9. The fraction of sp³-hybridized carbons (Fsp3) is 0.500. The maximum Gasteiger partial charge on any atom is 0.279 e. The number of aromatic nitrogens is 3. The summed E-state index contributed by atoms with van der Waals surface area (Å²) in [4.78, 5) is 36.4. The molecule has 4 heterocycles. The third-order valence-electron chi connectivity index (χ3n) is 7.11. The Morgan fingerprint density at radius 1 is 1.19 bits per heavy atom. The number of furan rings is 1. The van der Waals surface area contributed by atoms with Crippen molar-refractivity contribution in [1.29, 1.82) is 0 Å². The lowest BCUT2D eigenvalue weighted by Crippen LogP contribution is -2.51. The molecule has 0 bridgehead atoms. The molecule has 2 fully saturated rings. The smallest absolute Gasteiger partial charge is 0.279 e. The zero-order chi connectivity index (χ0) is 22.1. The highest BCUT2D eigenvalue weighted by Gasteiger charge is 2.39. The second-order valence-corrected chi connectivity index (χ2v) is 9.15. The van der Waals surface area contributed by atoms with E-state index in [2.05, 4.69) is 9.97 Å². The van der Waals surface area contributed by atoms with Gasteiger partial charge in [0.05, 0.1) is 36.5 Å². The number of likely N-dealkylation sites (tertiary alicyclic amines) is 1. The van der Waals surface area contributed by atoms with Gasteiger partial charge in [0.1, 0.15) is 0 Å². The van der Waals surface area contributed by atoms with Gasteiger partial charge in [-0.1, -0.05) is 12.8 Å². The van der Waals surface area contributed by atoms with Crippen LogP contribution in [0.25, 0.3) is 11.0 Å². The Balaban J connectivity index is 1.27. The molecule has 0 unspecified atom stereocenters. The van der Waals surface area contributed by atoms with E-state index in [9.17, 15) is 14.7 Å². The first-order chi connectivity index (χ1) is 15.5. The third-order valence-corrected chi connectivity index (χ3v) is 7.11. The van der Waals surface area contributed by atoms with Crippen LogP contribution in [0.3, 0.4) is 0 Å². The molecule has 5 rings (SSSR count). The van der Waals surface area contributed by atoms with Crippen molar-refractivity contribution in [2.75, 3.05) is 13.1 Å². The minimum atomic E-state index is -1.05. The molecular formula is C24H28N4O4. The molecule has 1 saturated carbocycles. The molecule has 2 atom stereocenters. The fourth-order valence-corrected chi connectivity index (χ4v) is 5.26. The summed E-state index contributed by atoms with van der Waals surface area (Å²) in [5.41, 5.74) is 0.636. The second-order valence-electron chi connectivity index (χ2n) is 9.15. The van der Waals surface area contributed by atoms with Crippen molar-refractivity contribution >= 4 is 16.9 Å². The molecule has 0 radical (unpaired) electrons. The summed E-state index contributed by atoms with van der Waals surface area (Å²) in [6.45, 7) is 1.12. The number of carbonyl (C=O) groups is 1. The lowest BCUT2D eigenvalue weighted by Gasteiger charge is -2.41. The first-order valence-electron chi connectivity index (χ1n) is 11.4. The fourth-order valence-electron chi connectivity index (χ4n) is 5.26. The van der Waals surface area contributed by atoms with Crippen LogP contribution in [0.2, 0.25) is 0 Å². The minimum Gasteiger partial charge on any atom is -0.472 e. The molecule has 168 valence electrons. The van der Waals surface area contributed by atoms with Crippen molar-refractivity contribution in [1.82, 2.24) is 19.4 Å². The van der Waals surface area contributed by atoms with Crippen LogP contribution in [0.15, 0.2) is 52.5 Å². The van der Waals surface area contributed by atoms with Gasteiger partial charge in [-0.2, -0.15) is 0 Å². The van der Waals surface area contributed by atoms with E-state index in [1.54, 1.807) is 30.9 Å². The lowest BCUT2D eigenvalue weighted by molar-refractivity contribution is -0.142. The predicted octanol–water partition coefficient (Wildman–Crippen LogP) is 2.71. The summed E-state index contributed by atoms with van der Waals surface area (Å²) in [6, 6.07) is 5.45. The van der Waals surface area contributed by atoms with E-state index in [4.69, 9.17) is 4.42 Å². The van der Waals surface area contributed by atoms with Gasteiger partial charge in [-0.25, -0.2) is 9.97 Å². The molecule has 1 aliphatic carbocycles. The molecular weight excluding hydrogens is 408 g/mol. The normalized spacial score (nSPS) is 23.3. The van der Waals surface area contributed by atoms with E-state index in [0.29, 0.717) is 37.0 Å². The van der Waals surface area contributed by atoms with Crippen LogP contribution in [-0.2, 0) is 11.3 Å². The van der Waals surface area contributed by atoms with Crippen LogP contribution in [0.5, 0.6) is 0 Å². The summed E-state index contributed by atoms with van der Waals surface area (Å²) in [5, 5.41) is 11.2. The highest BCUT2D eigenvalue weighted by molar-refractivity contribution is 5.80. The van der Waals surface area contributed by atoms with Gasteiger partial charge >= 0.3 is 0 Å². The van der Waals surface area contributed by atoms with Crippen LogP contribution in [0.1, 0.15) is 50.0 Å². The number of hydrogen-bond donors (Lipinski definition) is 1. The summed E-state index contributed by atoms with van der Waals surface area (Å²) in [6.07, 6.45) is 11.4. The second kappa shape index (κ2) is 8.50. The minimum absolute atomic E-state index is 0.0362. The Morgan fingerprint density at radius 2 is 2.00 bits per heavy atom. The SMILES string of the molecule is O=C([C@H]1CCCC[C@@H]1c1ccoc1)N1CCC(O)(Cn2cnc3cccnc3c2=O)CC1. The van der Waals surface area contributed by atoms with E-state index in [-0.39, 0.29) is 29.8 Å². The molecule has 8 nitrogen and oxygen atoms in total. The van der Waals surface area contributed by atoms with Gasteiger partial charge in [0.15, 0.2) is 5.52 Å². The molecule has 32 heavy (non-hydrogen) atoms. The highest BCUT2D eigenvalue weighted by atomic mass is 16.3. The molecule has 1 amide bonds. The Labute approximate surface area is 185 Å². The number of pyridine rings is 1. The summed E-state index contributed by atoms with van der Waals surface area (Å²) >= 11 is 0. The number of aliphatic hydroxyl groups is 1. The lowest BCUT2D eigenvalue weighted by atomic mass is 9.75. The quantitative estimate of drug-likeness (QED) is 0.675. The van der Waals surface area contributed by atoms with Crippen molar-refractivity contribution in [2.24, 2.45) is 5.92 Å². The van der Waals surface area contributed by atoms with Gasteiger partial charge in [0.2, 0.25) is 5.91 Å². The number of hydrogen-bond acceptors (Lipinski definition) is 6. The Bertz CT molecular complexity index is 1150. The molecule has 3 aromatic heterocycles. The third kappa shape index (κ3) is 3.95. The molecule has 1 N–H and O–H groups in total. The number of amides is 1. The van der Waals surface area contributed by atoms with Gasteiger partial charge in [0.25, 0.3) is 5.56 Å². The van der Waals surface area contributed by atoms with Crippen molar-refractivity contribution in [2.45, 2.75) is 56.6 Å². The Kier molecular flexibility index (Phi) is 5.55. The number of rotatable bonds is 4. The first-order valence-corrected chi connectivity index (χ1v) is 11.4. The summed E-state index contributed by atoms with van der Waals surface area (Å²) in [7, 11) is 0. The van der Waals surface area contributed by atoms with Gasteiger partial charge in [0, 0.05) is 25.2 Å². The molecule has 0 spiro atoms. The molecule has 3 aromatic rings. The van der Waals surface area contributed by atoms with Crippen LogP contribution < -0.4 is 5.56 Å². The van der Waals surface area contributed by atoms with Crippen LogP contribution in [-0.4, -0.2) is 49.1 Å². The van der Waals surface area contributed by atoms with Crippen LogP contribution >= 0.6 is 0 Å². The molecule has 0 aromatic carbocycles. The van der Waals surface area contributed by atoms with E-state index < -0.39 is 5.60 Å². The monoisotopic (exact) mass is 436 g/mol. The van der Waals surface area contributed by atoms with Gasteiger partial charge < -0.3 is 14.4 Å². The van der Waals surface area contributed by atoms with E-state index >= 15 is 0 Å². The average molecular weight is 437 g/mol. The van der Waals surface area contributed by atoms with Crippen LogP contribution in [0, 0.1) is 5.92 Å². The Morgan fingerprint density at radius 3 is 2.78 bits per heavy atom. The highest BCUT2D eigenvalue weighted by Crippen LogP contribution is 2.39. The maximum absolute atomic E-state index is 13.4. The number of fused-ring (bicyclic) bond motifs is 1. The zero-order valence-corrected chi connectivity index (χ0v) is 18.0.